The fourth-order valence-corrected chi connectivity index (χ4v) is 2.61. The van der Waals surface area contributed by atoms with E-state index in [9.17, 15) is 4.79 Å². The summed E-state index contributed by atoms with van der Waals surface area (Å²) in [5, 5.41) is 7.33. The van der Waals surface area contributed by atoms with Crippen molar-refractivity contribution in [3.8, 4) is 11.3 Å². The first-order valence-electron chi connectivity index (χ1n) is 8.32. The lowest BCUT2D eigenvalue weighted by molar-refractivity contribution is 0.0781. The monoisotopic (exact) mass is 350 g/mol. The third-order valence-electron chi connectivity index (χ3n) is 4.05. The number of aryl methyl sites for hydroxylation is 1. The minimum atomic E-state index is -0.122. The van der Waals surface area contributed by atoms with Gasteiger partial charge in [-0.15, -0.1) is 0 Å². The molecule has 0 saturated carbocycles. The number of carbonyl (C=O) groups is 1. The van der Waals surface area contributed by atoms with Crippen molar-refractivity contribution in [1.29, 1.82) is 0 Å². The number of anilines is 1. The second-order valence-electron chi connectivity index (χ2n) is 6.37. The molecule has 7 heteroatoms. The molecule has 1 aromatic carbocycles. The van der Waals surface area contributed by atoms with Crippen molar-refractivity contribution < 1.29 is 4.79 Å². The maximum atomic E-state index is 12.7. The van der Waals surface area contributed by atoms with Gasteiger partial charge < -0.3 is 9.80 Å². The Morgan fingerprint density at radius 2 is 1.88 bits per heavy atom. The van der Waals surface area contributed by atoms with Crippen molar-refractivity contribution in [3.63, 3.8) is 0 Å². The highest BCUT2D eigenvalue weighted by Gasteiger charge is 2.18. The lowest BCUT2D eigenvalue weighted by atomic mass is 10.1. The van der Waals surface area contributed by atoms with Gasteiger partial charge in [0.1, 0.15) is 0 Å². The Hall–Kier alpha value is -3.22. The van der Waals surface area contributed by atoms with Crippen LogP contribution in [-0.4, -0.2) is 52.1 Å². The van der Waals surface area contributed by atoms with E-state index in [1.165, 1.54) is 0 Å². The molecule has 0 atom stereocenters. The van der Waals surface area contributed by atoms with Crippen LogP contribution in [-0.2, 0) is 6.54 Å². The fourth-order valence-electron chi connectivity index (χ4n) is 2.61. The summed E-state index contributed by atoms with van der Waals surface area (Å²) in [7, 11) is 5.49. The molecule has 134 valence electrons. The molecule has 0 saturated heterocycles. The zero-order valence-corrected chi connectivity index (χ0v) is 15.4. The maximum absolute atomic E-state index is 12.7. The van der Waals surface area contributed by atoms with Crippen molar-refractivity contribution in [3.05, 3.63) is 59.5 Å². The number of hydrogen-bond acceptors (Lipinski definition) is 5. The Labute approximate surface area is 152 Å². The number of H-pyrrole nitrogens is 1. The molecule has 0 bridgehead atoms. The Bertz CT molecular complexity index is 903. The van der Waals surface area contributed by atoms with Gasteiger partial charge in [0.2, 0.25) is 5.95 Å². The number of rotatable bonds is 5. The lowest BCUT2D eigenvalue weighted by Gasteiger charge is -2.18. The predicted molar refractivity (Wildman–Crippen MR) is 101 cm³/mol. The van der Waals surface area contributed by atoms with Gasteiger partial charge in [-0.1, -0.05) is 30.3 Å². The number of carbonyl (C=O) groups excluding carboxylic acids is 1. The van der Waals surface area contributed by atoms with Crippen LogP contribution in [0.1, 0.15) is 21.7 Å². The molecule has 0 unspecified atom stereocenters. The second-order valence-corrected chi connectivity index (χ2v) is 6.37. The molecule has 0 aliphatic rings. The largest absolute Gasteiger partial charge is 0.347 e. The molecule has 0 spiro atoms. The fraction of sp³-hybridized carbons (Fsp3) is 0.263. The molecule has 2 aromatic heterocycles. The highest BCUT2D eigenvalue weighted by molar-refractivity contribution is 5.94. The molecule has 0 radical (unpaired) electrons. The normalized spacial score (nSPS) is 10.6. The van der Waals surface area contributed by atoms with E-state index in [0.717, 1.165) is 17.0 Å². The van der Waals surface area contributed by atoms with Gasteiger partial charge >= 0.3 is 0 Å². The van der Waals surface area contributed by atoms with Crippen molar-refractivity contribution >= 4 is 11.9 Å². The van der Waals surface area contributed by atoms with Crippen molar-refractivity contribution in [2.75, 3.05) is 26.0 Å². The smallest absolute Gasteiger partial charge is 0.257 e. The maximum Gasteiger partial charge on any atom is 0.257 e. The topological polar surface area (TPSA) is 78.0 Å². The summed E-state index contributed by atoms with van der Waals surface area (Å²) < 4.78 is 0. The SMILES string of the molecule is Cc1nc(N(C)C)ncc1C(=O)N(C)Cc1cc(-c2ccccc2)n[nH]1. The number of nitrogens with one attached hydrogen (secondary N) is 1. The van der Waals surface area contributed by atoms with Crippen molar-refractivity contribution in [1.82, 2.24) is 25.1 Å². The van der Waals surface area contributed by atoms with Crippen LogP contribution >= 0.6 is 0 Å². The van der Waals surface area contributed by atoms with Gasteiger partial charge in [-0.05, 0) is 13.0 Å². The molecule has 3 rings (SSSR count). The molecular weight excluding hydrogens is 328 g/mol. The van der Waals surface area contributed by atoms with E-state index in [2.05, 4.69) is 20.2 Å². The van der Waals surface area contributed by atoms with E-state index >= 15 is 0 Å². The van der Waals surface area contributed by atoms with E-state index in [1.807, 2.05) is 57.4 Å². The minimum Gasteiger partial charge on any atom is -0.347 e. The van der Waals surface area contributed by atoms with Crippen LogP contribution in [0.2, 0.25) is 0 Å². The molecule has 2 heterocycles. The van der Waals surface area contributed by atoms with Gasteiger partial charge in [-0.3, -0.25) is 9.89 Å². The number of hydrogen-bond donors (Lipinski definition) is 1. The Balaban J connectivity index is 1.73. The van der Waals surface area contributed by atoms with Gasteiger partial charge in [0.05, 0.1) is 29.2 Å². The van der Waals surface area contributed by atoms with E-state index in [4.69, 9.17) is 0 Å². The summed E-state index contributed by atoms with van der Waals surface area (Å²) in [5.74, 6) is 0.464. The quantitative estimate of drug-likeness (QED) is 0.765. The zero-order chi connectivity index (χ0) is 18.7. The van der Waals surface area contributed by atoms with E-state index in [0.29, 0.717) is 23.8 Å². The first-order valence-corrected chi connectivity index (χ1v) is 8.32. The lowest BCUT2D eigenvalue weighted by Crippen LogP contribution is -2.28. The molecule has 0 aliphatic heterocycles. The van der Waals surface area contributed by atoms with Crippen LogP contribution in [0.3, 0.4) is 0 Å². The number of aromatic amines is 1. The van der Waals surface area contributed by atoms with Crippen LogP contribution in [0.5, 0.6) is 0 Å². The zero-order valence-electron chi connectivity index (χ0n) is 15.4. The molecule has 1 amide bonds. The summed E-state index contributed by atoms with van der Waals surface area (Å²) in [5.41, 5.74) is 3.92. The molecule has 26 heavy (non-hydrogen) atoms. The van der Waals surface area contributed by atoms with Crippen LogP contribution in [0.25, 0.3) is 11.3 Å². The number of aromatic nitrogens is 4. The number of benzene rings is 1. The third kappa shape index (κ3) is 3.72. The van der Waals surface area contributed by atoms with Gasteiger partial charge in [0.15, 0.2) is 0 Å². The molecular formula is C19H22N6O. The predicted octanol–water partition coefficient (Wildman–Crippen LogP) is 2.51. The summed E-state index contributed by atoms with van der Waals surface area (Å²) >= 11 is 0. The molecule has 0 fully saturated rings. The van der Waals surface area contributed by atoms with E-state index < -0.39 is 0 Å². The average molecular weight is 350 g/mol. The number of nitrogens with zero attached hydrogens (tertiary/aromatic N) is 5. The molecule has 3 aromatic rings. The van der Waals surface area contributed by atoms with Crippen molar-refractivity contribution in [2.24, 2.45) is 0 Å². The molecule has 1 N–H and O–H groups in total. The Morgan fingerprint density at radius 3 is 2.54 bits per heavy atom. The molecule has 7 nitrogen and oxygen atoms in total. The third-order valence-corrected chi connectivity index (χ3v) is 4.05. The minimum absolute atomic E-state index is 0.122. The number of amides is 1. The second kappa shape index (κ2) is 7.35. The van der Waals surface area contributed by atoms with Gasteiger partial charge in [-0.2, -0.15) is 5.10 Å². The first-order chi connectivity index (χ1) is 12.5. The van der Waals surface area contributed by atoms with Gasteiger partial charge in [0, 0.05) is 32.9 Å². The van der Waals surface area contributed by atoms with E-state index in [1.54, 1.807) is 23.0 Å². The average Bonchev–Trinajstić information content (AvgIpc) is 3.10. The first kappa shape index (κ1) is 17.6. The summed E-state index contributed by atoms with van der Waals surface area (Å²) in [6, 6.07) is 11.9. The van der Waals surface area contributed by atoms with Gasteiger partial charge in [-0.25, -0.2) is 9.97 Å². The van der Waals surface area contributed by atoms with E-state index in [-0.39, 0.29) is 5.91 Å². The van der Waals surface area contributed by atoms with Crippen LogP contribution in [0.4, 0.5) is 5.95 Å². The highest BCUT2D eigenvalue weighted by atomic mass is 16.2. The van der Waals surface area contributed by atoms with Crippen LogP contribution in [0.15, 0.2) is 42.6 Å². The highest BCUT2D eigenvalue weighted by Crippen LogP contribution is 2.18. The van der Waals surface area contributed by atoms with Crippen LogP contribution in [0, 0.1) is 6.92 Å². The summed E-state index contributed by atoms with van der Waals surface area (Å²) in [4.78, 5) is 24.8. The standard InChI is InChI=1S/C19H22N6O/c1-13-16(11-20-19(21-13)24(2)3)18(26)25(4)12-15-10-17(23-22-15)14-8-6-5-7-9-14/h5-11H,12H2,1-4H3,(H,22,23). The summed E-state index contributed by atoms with van der Waals surface area (Å²) in [6.45, 7) is 2.24. The van der Waals surface area contributed by atoms with Crippen molar-refractivity contribution in [2.45, 2.75) is 13.5 Å². The van der Waals surface area contributed by atoms with Crippen LogP contribution < -0.4 is 4.90 Å². The molecule has 0 aliphatic carbocycles. The van der Waals surface area contributed by atoms with Gasteiger partial charge in [0.25, 0.3) is 5.91 Å². The Kier molecular flexibility index (Phi) is 4.97. The summed E-state index contributed by atoms with van der Waals surface area (Å²) in [6.07, 6.45) is 1.58. The Morgan fingerprint density at radius 1 is 1.15 bits per heavy atom.